The minimum atomic E-state index is -0.977. The molecule has 0 unspecified atom stereocenters. The van der Waals surface area contributed by atoms with E-state index in [9.17, 15) is 14.7 Å². The molecule has 110 valence electrons. The molecule has 0 aliphatic carbocycles. The Bertz CT molecular complexity index is 569. The first kappa shape index (κ1) is 13.8. The minimum Gasteiger partial charge on any atom is -0.481 e. The largest absolute Gasteiger partial charge is 0.481 e. The fourth-order valence-electron chi connectivity index (χ4n) is 3.01. The molecular weight excluding hydrogens is 270 g/mol. The molecule has 2 aliphatic heterocycles. The van der Waals surface area contributed by atoms with E-state index in [0.29, 0.717) is 6.54 Å². The number of hydrogen-bond acceptors (Lipinski definition) is 3. The summed E-state index contributed by atoms with van der Waals surface area (Å²) in [5.74, 6) is -2.63. The molecule has 0 spiro atoms. The third-order valence-corrected chi connectivity index (χ3v) is 4.04. The van der Waals surface area contributed by atoms with Gasteiger partial charge in [-0.1, -0.05) is 42.5 Å². The molecule has 0 saturated carbocycles. The summed E-state index contributed by atoms with van der Waals surface area (Å²) < 4.78 is 5.49. The minimum absolute atomic E-state index is 0.241. The number of rotatable bonds is 5. The van der Waals surface area contributed by atoms with Crippen molar-refractivity contribution in [2.24, 2.45) is 11.8 Å². The number of amides is 1. The zero-order valence-corrected chi connectivity index (χ0v) is 11.4. The van der Waals surface area contributed by atoms with E-state index in [2.05, 4.69) is 5.32 Å². The lowest BCUT2D eigenvalue weighted by molar-refractivity contribution is -0.146. The summed E-state index contributed by atoms with van der Waals surface area (Å²) in [6, 6.07) is 9.84. The Morgan fingerprint density at radius 3 is 2.43 bits per heavy atom. The van der Waals surface area contributed by atoms with Crippen molar-refractivity contribution in [2.75, 3.05) is 6.54 Å². The molecule has 0 aromatic heterocycles. The third-order valence-electron chi connectivity index (χ3n) is 4.04. The summed E-state index contributed by atoms with van der Waals surface area (Å²) in [5.41, 5.74) is 1.14. The van der Waals surface area contributed by atoms with Crippen LogP contribution in [0.4, 0.5) is 0 Å². The van der Waals surface area contributed by atoms with Crippen molar-refractivity contribution in [3.8, 4) is 0 Å². The van der Waals surface area contributed by atoms with Crippen molar-refractivity contribution in [2.45, 2.75) is 18.6 Å². The van der Waals surface area contributed by atoms with Crippen molar-refractivity contribution in [1.29, 1.82) is 0 Å². The Labute approximate surface area is 122 Å². The van der Waals surface area contributed by atoms with Crippen LogP contribution in [0.15, 0.2) is 42.5 Å². The average Bonchev–Trinajstić information content (AvgIpc) is 3.08. The van der Waals surface area contributed by atoms with Gasteiger partial charge in [-0.25, -0.2) is 0 Å². The normalized spacial score (nSPS) is 29.5. The van der Waals surface area contributed by atoms with Crippen molar-refractivity contribution in [1.82, 2.24) is 5.32 Å². The van der Waals surface area contributed by atoms with Crippen LogP contribution in [-0.4, -0.2) is 35.7 Å². The number of hydrogen-bond donors (Lipinski definition) is 2. The van der Waals surface area contributed by atoms with Gasteiger partial charge in [0, 0.05) is 6.54 Å². The second-order valence-corrected chi connectivity index (χ2v) is 5.37. The average molecular weight is 287 g/mol. The summed E-state index contributed by atoms with van der Waals surface area (Å²) in [6.07, 6.45) is 3.36. The number of ether oxygens (including phenoxy) is 1. The van der Waals surface area contributed by atoms with Crippen molar-refractivity contribution in [3.05, 3.63) is 48.0 Å². The molecule has 1 saturated heterocycles. The van der Waals surface area contributed by atoms with Crippen molar-refractivity contribution in [3.63, 3.8) is 0 Å². The first-order valence-electron chi connectivity index (χ1n) is 7.05. The highest BCUT2D eigenvalue weighted by Gasteiger charge is 2.53. The lowest BCUT2D eigenvalue weighted by Crippen LogP contribution is -2.43. The van der Waals surface area contributed by atoms with Gasteiger partial charge in [0.2, 0.25) is 5.91 Å². The monoisotopic (exact) mass is 287 g/mol. The van der Waals surface area contributed by atoms with Crippen molar-refractivity contribution < 1.29 is 19.4 Å². The predicted octanol–water partition coefficient (Wildman–Crippen LogP) is 0.999. The van der Waals surface area contributed by atoms with Gasteiger partial charge >= 0.3 is 5.97 Å². The van der Waals surface area contributed by atoms with Crippen LogP contribution in [0.2, 0.25) is 0 Å². The maximum absolute atomic E-state index is 12.3. The van der Waals surface area contributed by atoms with Gasteiger partial charge < -0.3 is 15.2 Å². The van der Waals surface area contributed by atoms with E-state index in [1.807, 2.05) is 30.3 Å². The van der Waals surface area contributed by atoms with E-state index in [1.165, 1.54) is 0 Å². The summed E-state index contributed by atoms with van der Waals surface area (Å²) in [6.45, 7) is 0.493. The topological polar surface area (TPSA) is 75.6 Å². The number of aliphatic carboxylic acids is 1. The van der Waals surface area contributed by atoms with E-state index in [4.69, 9.17) is 4.74 Å². The van der Waals surface area contributed by atoms with Gasteiger partial charge in [-0.05, 0) is 12.0 Å². The summed E-state index contributed by atoms with van der Waals surface area (Å²) >= 11 is 0. The van der Waals surface area contributed by atoms with Gasteiger partial charge in [-0.15, -0.1) is 0 Å². The number of carbonyl (C=O) groups is 2. The van der Waals surface area contributed by atoms with E-state index in [0.717, 1.165) is 12.0 Å². The van der Waals surface area contributed by atoms with Crippen LogP contribution in [0.5, 0.6) is 0 Å². The molecule has 2 bridgehead atoms. The van der Waals surface area contributed by atoms with Crippen LogP contribution in [0.25, 0.3) is 0 Å². The number of nitrogens with one attached hydrogen (secondary N) is 1. The number of fused-ring (bicyclic) bond motifs is 2. The fraction of sp³-hybridized carbons (Fsp3) is 0.375. The summed E-state index contributed by atoms with van der Waals surface area (Å²) in [5, 5.41) is 12.1. The van der Waals surface area contributed by atoms with Gasteiger partial charge in [0.1, 0.15) is 5.92 Å². The second-order valence-electron chi connectivity index (χ2n) is 5.37. The Morgan fingerprint density at radius 1 is 1.10 bits per heavy atom. The van der Waals surface area contributed by atoms with Crippen LogP contribution in [0, 0.1) is 11.8 Å². The van der Waals surface area contributed by atoms with Crippen molar-refractivity contribution >= 4 is 11.9 Å². The molecule has 21 heavy (non-hydrogen) atoms. The molecular formula is C16H17NO4. The molecule has 1 fully saturated rings. The standard InChI is InChI=1S/C16H17NO4/c18-15(17-9-8-10-4-2-1-3-5-10)13-11-6-7-12(21-11)14(13)16(19)20/h1-7,11-14H,8-9H2,(H,17,18)(H,19,20)/t11-,12+,13+,14-/m1/s1. The second kappa shape index (κ2) is 5.69. The molecule has 2 heterocycles. The Hall–Kier alpha value is -2.14. The smallest absolute Gasteiger partial charge is 0.310 e. The third kappa shape index (κ3) is 2.69. The van der Waals surface area contributed by atoms with Crippen LogP contribution in [0.1, 0.15) is 5.56 Å². The zero-order valence-electron chi connectivity index (χ0n) is 11.4. The maximum Gasteiger partial charge on any atom is 0.310 e. The first-order valence-corrected chi connectivity index (χ1v) is 7.05. The molecule has 1 aromatic rings. The maximum atomic E-state index is 12.3. The van der Waals surface area contributed by atoms with Gasteiger partial charge in [0.25, 0.3) is 0 Å². The highest BCUT2D eigenvalue weighted by Crippen LogP contribution is 2.39. The molecule has 3 rings (SSSR count). The van der Waals surface area contributed by atoms with E-state index < -0.39 is 30.0 Å². The van der Waals surface area contributed by atoms with E-state index in [-0.39, 0.29) is 5.91 Å². The number of benzene rings is 1. The summed E-state index contributed by atoms with van der Waals surface area (Å²) in [4.78, 5) is 23.6. The van der Waals surface area contributed by atoms with E-state index >= 15 is 0 Å². The molecule has 1 amide bonds. The van der Waals surface area contributed by atoms with Crippen LogP contribution in [0.3, 0.4) is 0 Å². The molecule has 5 nitrogen and oxygen atoms in total. The summed E-state index contributed by atoms with van der Waals surface area (Å²) in [7, 11) is 0. The predicted molar refractivity (Wildman–Crippen MR) is 75.6 cm³/mol. The quantitative estimate of drug-likeness (QED) is 0.792. The molecule has 0 radical (unpaired) electrons. The van der Waals surface area contributed by atoms with Crippen LogP contribution in [-0.2, 0) is 20.7 Å². The number of carboxylic acid groups (broad SMARTS) is 1. The Balaban J connectivity index is 1.58. The van der Waals surface area contributed by atoms with Gasteiger partial charge in [-0.3, -0.25) is 9.59 Å². The Kier molecular flexibility index (Phi) is 3.75. The lowest BCUT2D eigenvalue weighted by Gasteiger charge is -2.20. The van der Waals surface area contributed by atoms with E-state index in [1.54, 1.807) is 12.2 Å². The highest BCUT2D eigenvalue weighted by atomic mass is 16.5. The van der Waals surface area contributed by atoms with Crippen LogP contribution < -0.4 is 5.32 Å². The SMILES string of the molecule is O=C(NCCc1ccccc1)[C@@H]1[C@H](C(=O)O)[C@@H]2C=C[C@H]1O2. The number of carbonyl (C=O) groups excluding carboxylic acids is 1. The van der Waals surface area contributed by atoms with Gasteiger partial charge in [0.15, 0.2) is 0 Å². The zero-order chi connectivity index (χ0) is 14.8. The molecule has 1 aromatic carbocycles. The molecule has 4 atom stereocenters. The molecule has 2 aliphatic rings. The number of carboxylic acids is 1. The fourth-order valence-corrected chi connectivity index (χ4v) is 3.01. The highest BCUT2D eigenvalue weighted by molar-refractivity contribution is 5.87. The van der Waals surface area contributed by atoms with Gasteiger partial charge in [-0.2, -0.15) is 0 Å². The molecule has 5 heteroatoms. The molecule has 2 N–H and O–H groups in total. The Morgan fingerprint density at radius 2 is 1.76 bits per heavy atom. The first-order chi connectivity index (χ1) is 10.2. The lowest BCUT2D eigenvalue weighted by atomic mass is 9.82. The van der Waals surface area contributed by atoms with Gasteiger partial charge in [0.05, 0.1) is 18.1 Å². The van der Waals surface area contributed by atoms with Crippen LogP contribution >= 0.6 is 0 Å².